The molecule has 0 aromatic carbocycles. The van der Waals surface area contributed by atoms with Crippen LogP contribution in [0, 0.1) is 6.92 Å². The number of nitrogens with one attached hydrogen (secondary N) is 1. The molecule has 4 heterocycles. The molecule has 0 saturated carbocycles. The number of pyridine rings is 1. The lowest BCUT2D eigenvalue weighted by molar-refractivity contribution is -0.131. The summed E-state index contributed by atoms with van der Waals surface area (Å²) in [6, 6.07) is 3.59. The first-order chi connectivity index (χ1) is 14.5. The van der Waals surface area contributed by atoms with Crippen molar-refractivity contribution in [3.8, 4) is 0 Å². The summed E-state index contributed by atoms with van der Waals surface area (Å²) in [6.07, 6.45) is 6.12. The van der Waals surface area contributed by atoms with Gasteiger partial charge in [0, 0.05) is 38.4 Å². The number of morpholine rings is 1. The van der Waals surface area contributed by atoms with Gasteiger partial charge in [0.25, 0.3) is 11.8 Å². The van der Waals surface area contributed by atoms with E-state index in [1.54, 1.807) is 28.0 Å². The molecule has 0 spiro atoms. The molecule has 4 rings (SSSR count). The summed E-state index contributed by atoms with van der Waals surface area (Å²) in [5.41, 5.74) is 2.10. The maximum atomic E-state index is 13.1. The number of aromatic nitrogens is 3. The molecule has 30 heavy (non-hydrogen) atoms. The van der Waals surface area contributed by atoms with Crippen LogP contribution >= 0.6 is 0 Å². The highest BCUT2D eigenvalue weighted by molar-refractivity contribution is 5.97. The zero-order chi connectivity index (χ0) is 21.1. The summed E-state index contributed by atoms with van der Waals surface area (Å²) in [7, 11) is 1.81. The van der Waals surface area contributed by atoms with E-state index in [1.807, 2.05) is 20.0 Å². The van der Waals surface area contributed by atoms with Crippen molar-refractivity contribution in [2.45, 2.75) is 32.3 Å². The predicted molar refractivity (Wildman–Crippen MR) is 113 cm³/mol. The van der Waals surface area contributed by atoms with E-state index in [0.717, 1.165) is 37.4 Å². The van der Waals surface area contributed by atoms with E-state index in [-0.39, 0.29) is 18.4 Å². The van der Waals surface area contributed by atoms with Gasteiger partial charge in [0.05, 0.1) is 30.7 Å². The minimum absolute atomic E-state index is 0.102. The van der Waals surface area contributed by atoms with Crippen molar-refractivity contribution >= 4 is 23.3 Å². The monoisotopic (exact) mass is 412 g/mol. The lowest BCUT2D eigenvalue weighted by atomic mass is 10.1. The van der Waals surface area contributed by atoms with E-state index >= 15 is 0 Å². The van der Waals surface area contributed by atoms with Gasteiger partial charge in [-0.15, -0.1) is 0 Å². The molecule has 0 bridgehead atoms. The van der Waals surface area contributed by atoms with Crippen LogP contribution in [0.2, 0.25) is 0 Å². The first-order valence-corrected chi connectivity index (χ1v) is 10.4. The molecule has 0 aliphatic carbocycles. The van der Waals surface area contributed by atoms with Crippen LogP contribution in [0.4, 0.5) is 11.5 Å². The Morgan fingerprint density at radius 2 is 2.00 bits per heavy atom. The molecule has 2 aromatic heterocycles. The van der Waals surface area contributed by atoms with Gasteiger partial charge in [-0.3, -0.25) is 14.3 Å². The van der Waals surface area contributed by atoms with E-state index < -0.39 is 6.10 Å². The van der Waals surface area contributed by atoms with Crippen molar-refractivity contribution < 1.29 is 14.3 Å². The second-order valence-corrected chi connectivity index (χ2v) is 7.82. The quantitative estimate of drug-likeness (QED) is 0.820. The third kappa shape index (κ3) is 4.30. The zero-order valence-electron chi connectivity index (χ0n) is 17.5. The molecular weight excluding hydrogens is 384 g/mol. The Labute approximate surface area is 176 Å². The van der Waals surface area contributed by atoms with E-state index in [1.165, 1.54) is 6.42 Å². The van der Waals surface area contributed by atoms with Gasteiger partial charge in [-0.2, -0.15) is 5.10 Å². The fourth-order valence-electron chi connectivity index (χ4n) is 3.86. The van der Waals surface area contributed by atoms with Crippen molar-refractivity contribution in [2.75, 3.05) is 43.0 Å². The van der Waals surface area contributed by atoms with Gasteiger partial charge in [-0.1, -0.05) is 0 Å². The lowest BCUT2D eigenvalue weighted by Gasteiger charge is -2.32. The summed E-state index contributed by atoms with van der Waals surface area (Å²) in [5, 5.41) is 6.98. The summed E-state index contributed by atoms with van der Waals surface area (Å²) in [5.74, 6) is 0.469. The van der Waals surface area contributed by atoms with Crippen LogP contribution in [0.1, 0.15) is 35.3 Å². The maximum absolute atomic E-state index is 13.1. The molecule has 0 radical (unpaired) electrons. The Hall–Kier alpha value is -2.94. The van der Waals surface area contributed by atoms with Gasteiger partial charge in [-0.05, 0) is 38.3 Å². The minimum atomic E-state index is -0.717. The number of carbonyl (C=O) groups excluding carboxylic acids is 2. The largest absolute Gasteiger partial charge is 0.365 e. The summed E-state index contributed by atoms with van der Waals surface area (Å²) in [6.45, 7) is 4.81. The molecule has 2 saturated heterocycles. The average molecular weight is 412 g/mol. The van der Waals surface area contributed by atoms with Gasteiger partial charge in [0.15, 0.2) is 6.10 Å². The minimum Gasteiger partial charge on any atom is -0.365 e. The molecule has 1 N–H and O–H groups in total. The van der Waals surface area contributed by atoms with Crippen LogP contribution in [0.25, 0.3) is 0 Å². The number of rotatable bonds is 4. The number of hydrogen-bond donors (Lipinski definition) is 1. The Morgan fingerprint density at radius 1 is 1.20 bits per heavy atom. The van der Waals surface area contributed by atoms with Crippen molar-refractivity contribution in [3.63, 3.8) is 0 Å². The summed E-state index contributed by atoms with van der Waals surface area (Å²) < 4.78 is 7.33. The molecule has 160 valence electrons. The third-order valence-corrected chi connectivity index (χ3v) is 5.81. The van der Waals surface area contributed by atoms with Crippen molar-refractivity contribution in [3.05, 3.63) is 35.8 Å². The lowest BCUT2D eigenvalue weighted by Crippen LogP contribution is -2.50. The van der Waals surface area contributed by atoms with Crippen LogP contribution < -0.4 is 10.2 Å². The van der Waals surface area contributed by atoms with Gasteiger partial charge >= 0.3 is 0 Å². The first kappa shape index (κ1) is 20.3. The van der Waals surface area contributed by atoms with Crippen molar-refractivity contribution in [1.29, 1.82) is 0 Å². The number of ether oxygens (including phenoxy) is 1. The second-order valence-electron chi connectivity index (χ2n) is 7.82. The molecule has 2 aliphatic heterocycles. The molecule has 2 fully saturated rings. The molecule has 1 atom stereocenters. The number of amides is 2. The van der Waals surface area contributed by atoms with E-state index in [4.69, 9.17) is 4.74 Å². The summed E-state index contributed by atoms with van der Waals surface area (Å²) >= 11 is 0. The third-order valence-electron chi connectivity index (χ3n) is 5.81. The van der Waals surface area contributed by atoms with Crippen molar-refractivity contribution in [2.24, 2.45) is 7.05 Å². The number of anilines is 2. The number of carbonyl (C=O) groups is 2. The molecule has 1 unspecified atom stereocenters. The maximum Gasteiger partial charge on any atom is 0.255 e. The Kier molecular flexibility index (Phi) is 5.98. The van der Waals surface area contributed by atoms with E-state index in [2.05, 4.69) is 20.3 Å². The van der Waals surface area contributed by atoms with Gasteiger partial charge in [0.1, 0.15) is 5.82 Å². The molecular formula is C21H28N6O3. The highest BCUT2D eigenvalue weighted by atomic mass is 16.5. The Balaban J connectivity index is 1.42. The second kappa shape index (κ2) is 8.83. The Morgan fingerprint density at radius 3 is 2.73 bits per heavy atom. The zero-order valence-corrected chi connectivity index (χ0v) is 17.5. The van der Waals surface area contributed by atoms with Crippen LogP contribution in [0.5, 0.6) is 0 Å². The number of hydrogen-bond acceptors (Lipinski definition) is 6. The smallest absolute Gasteiger partial charge is 0.255 e. The number of aryl methyl sites for hydroxylation is 1. The standard InChI is InChI=1S/C21H28N6O3/c1-15-17(13-23-25(15)2)24-20(28)18-14-27(10-11-30-18)21(29)16-6-7-22-19(12-16)26-8-4-3-5-9-26/h6-7,12-13,18H,3-5,8-11,14H2,1-2H3,(H,24,28). The number of nitrogens with zero attached hydrogens (tertiary/aromatic N) is 5. The molecule has 9 nitrogen and oxygen atoms in total. The first-order valence-electron chi connectivity index (χ1n) is 10.4. The van der Waals surface area contributed by atoms with E-state index in [0.29, 0.717) is 24.4 Å². The molecule has 9 heteroatoms. The van der Waals surface area contributed by atoms with Gasteiger partial charge in [-0.25, -0.2) is 4.98 Å². The fourth-order valence-corrected chi connectivity index (χ4v) is 3.86. The average Bonchev–Trinajstić information content (AvgIpc) is 3.11. The van der Waals surface area contributed by atoms with Gasteiger partial charge in [0.2, 0.25) is 0 Å². The normalized spacial score (nSPS) is 19.6. The molecule has 2 amide bonds. The highest BCUT2D eigenvalue weighted by Crippen LogP contribution is 2.20. The Bertz CT molecular complexity index is 921. The van der Waals surface area contributed by atoms with Crippen LogP contribution in [-0.4, -0.2) is 70.4 Å². The summed E-state index contributed by atoms with van der Waals surface area (Å²) in [4.78, 5) is 34.1. The number of piperidine rings is 1. The van der Waals surface area contributed by atoms with Crippen LogP contribution in [0.3, 0.4) is 0 Å². The van der Waals surface area contributed by atoms with Crippen molar-refractivity contribution in [1.82, 2.24) is 19.7 Å². The molecule has 2 aliphatic rings. The fraction of sp³-hybridized carbons (Fsp3) is 0.524. The topological polar surface area (TPSA) is 92.6 Å². The van der Waals surface area contributed by atoms with E-state index in [9.17, 15) is 9.59 Å². The predicted octanol–water partition coefficient (Wildman–Crippen LogP) is 1.59. The SMILES string of the molecule is Cc1c(NC(=O)C2CN(C(=O)c3ccnc(N4CCCCC4)c3)CCO2)cnn1C. The van der Waals surface area contributed by atoms with Crippen LogP contribution in [-0.2, 0) is 16.6 Å². The van der Waals surface area contributed by atoms with Crippen LogP contribution in [0.15, 0.2) is 24.5 Å². The highest BCUT2D eigenvalue weighted by Gasteiger charge is 2.30. The molecule has 2 aromatic rings. The van der Waals surface area contributed by atoms with Gasteiger partial charge < -0.3 is 19.9 Å².